The molecule has 0 radical (unpaired) electrons. The highest BCUT2D eigenvalue weighted by molar-refractivity contribution is 5.80. The number of hydrogen-bond donors (Lipinski definition) is 1. The van der Waals surface area contributed by atoms with E-state index in [-0.39, 0.29) is 12.5 Å². The van der Waals surface area contributed by atoms with E-state index in [0.717, 1.165) is 11.8 Å². The van der Waals surface area contributed by atoms with Crippen LogP contribution in [0.5, 0.6) is 0 Å². The van der Waals surface area contributed by atoms with Crippen molar-refractivity contribution in [1.82, 2.24) is 5.32 Å². The average Bonchev–Trinajstić information content (AvgIpc) is 2.39. The SMILES string of the molecule is C=CCOCC(=O)NC(C=O)Cc1ccccc1. The van der Waals surface area contributed by atoms with Crippen molar-refractivity contribution in [2.75, 3.05) is 13.2 Å². The smallest absolute Gasteiger partial charge is 0.246 e. The molecule has 0 aliphatic rings. The van der Waals surface area contributed by atoms with Crippen LogP contribution in [0.2, 0.25) is 0 Å². The third kappa shape index (κ3) is 5.41. The van der Waals surface area contributed by atoms with Crippen molar-refractivity contribution in [3.8, 4) is 0 Å². The minimum Gasteiger partial charge on any atom is -0.368 e. The molecule has 0 spiro atoms. The number of aldehydes is 1. The first-order chi connectivity index (χ1) is 8.76. The van der Waals surface area contributed by atoms with E-state index in [0.29, 0.717) is 13.0 Å². The van der Waals surface area contributed by atoms with Gasteiger partial charge in [-0.1, -0.05) is 36.4 Å². The number of carbonyl (C=O) groups excluding carboxylic acids is 2. The van der Waals surface area contributed by atoms with Gasteiger partial charge in [-0.25, -0.2) is 0 Å². The summed E-state index contributed by atoms with van der Waals surface area (Å²) in [6, 6.07) is 9.00. The van der Waals surface area contributed by atoms with Crippen LogP contribution >= 0.6 is 0 Å². The average molecular weight is 247 g/mol. The van der Waals surface area contributed by atoms with Crippen molar-refractivity contribution in [2.24, 2.45) is 0 Å². The molecule has 0 aliphatic heterocycles. The highest BCUT2D eigenvalue weighted by Crippen LogP contribution is 2.01. The Hall–Kier alpha value is -1.94. The molecular formula is C14H17NO3. The van der Waals surface area contributed by atoms with Gasteiger partial charge >= 0.3 is 0 Å². The van der Waals surface area contributed by atoms with Gasteiger partial charge in [0.15, 0.2) is 0 Å². The molecule has 0 aliphatic carbocycles. The summed E-state index contributed by atoms with van der Waals surface area (Å²) in [7, 11) is 0. The van der Waals surface area contributed by atoms with E-state index in [1.54, 1.807) is 6.08 Å². The van der Waals surface area contributed by atoms with Crippen LogP contribution in [0.25, 0.3) is 0 Å². The molecular weight excluding hydrogens is 230 g/mol. The van der Waals surface area contributed by atoms with Crippen molar-refractivity contribution >= 4 is 12.2 Å². The van der Waals surface area contributed by atoms with Gasteiger partial charge < -0.3 is 14.8 Å². The highest BCUT2D eigenvalue weighted by atomic mass is 16.5. The van der Waals surface area contributed by atoms with Gasteiger partial charge in [-0.2, -0.15) is 0 Å². The lowest BCUT2D eigenvalue weighted by atomic mass is 10.1. The van der Waals surface area contributed by atoms with Crippen LogP contribution in [0.15, 0.2) is 43.0 Å². The quantitative estimate of drug-likeness (QED) is 0.425. The molecule has 18 heavy (non-hydrogen) atoms. The molecule has 0 saturated carbocycles. The van der Waals surface area contributed by atoms with Gasteiger partial charge in [-0.3, -0.25) is 4.79 Å². The van der Waals surface area contributed by atoms with Crippen LogP contribution in [-0.4, -0.2) is 31.4 Å². The van der Waals surface area contributed by atoms with Gasteiger partial charge in [-0.15, -0.1) is 6.58 Å². The lowest BCUT2D eigenvalue weighted by Crippen LogP contribution is -2.39. The van der Waals surface area contributed by atoms with Gasteiger partial charge in [0.25, 0.3) is 0 Å². The third-order valence-electron chi connectivity index (χ3n) is 2.28. The number of nitrogens with one attached hydrogen (secondary N) is 1. The van der Waals surface area contributed by atoms with Crippen LogP contribution in [0.1, 0.15) is 5.56 Å². The summed E-state index contributed by atoms with van der Waals surface area (Å²) < 4.78 is 4.99. The second-order valence-corrected chi connectivity index (χ2v) is 3.80. The predicted octanol–water partition coefficient (Wildman–Crippen LogP) is 1.12. The molecule has 1 N–H and O–H groups in total. The van der Waals surface area contributed by atoms with E-state index in [9.17, 15) is 9.59 Å². The molecule has 0 bridgehead atoms. The molecule has 0 fully saturated rings. The van der Waals surface area contributed by atoms with Gasteiger partial charge in [0.05, 0.1) is 12.6 Å². The number of benzene rings is 1. The summed E-state index contributed by atoms with van der Waals surface area (Å²) in [6.07, 6.45) is 2.78. The topological polar surface area (TPSA) is 55.4 Å². The van der Waals surface area contributed by atoms with Crippen molar-refractivity contribution in [3.63, 3.8) is 0 Å². The maximum Gasteiger partial charge on any atom is 0.246 e. The van der Waals surface area contributed by atoms with Gasteiger partial charge in [0, 0.05) is 0 Å². The van der Waals surface area contributed by atoms with Crippen LogP contribution in [0, 0.1) is 0 Å². The number of hydrogen-bond acceptors (Lipinski definition) is 3. The first kappa shape index (κ1) is 14.1. The molecule has 1 amide bonds. The molecule has 1 rings (SSSR count). The Labute approximate surface area is 107 Å². The molecule has 4 heteroatoms. The Balaban J connectivity index is 2.40. The van der Waals surface area contributed by atoms with E-state index < -0.39 is 6.04 Å². The van der Waals surface area contributed by atoms with Crippen molar-refractivity contribution in [1.29, 1.82) is 0 Å². The van der Waals surface area contributed by atoms with E-state index in [2.05, 4.69) is 11.9 Å². The summed E-state index contributed by atoms with van der Waals surface area (Å²) in [6.45, 7) is 3.73. The maximum atomic E-state index is 11.4. The molecule has 1 aromatic rings. The molecule has 1 unspecified atom stereocenters. The minimum atomic E-state index is -0.521. The lowest BCUT2D eigenvalue weighted by Gasteiger charge is -2.12. The van der Waals surface area contributed by atoms with Crippen LogP contribution in [-0.2, 0) is 20.7 Å². The second kappa shape index (κ2) is 8.20. The summed E-state index contributed by atoms with van der Waals surface area (Å²) in [5.41, 5.74) is 1.00. The normalized spacial score (nSPS) is 11.6. The standard InChI is InChI=1S/C14H17NO3/c1-2-8-18-11-14(17)15-13(10-16)9-12-6-4-3-5-7-12/h2-7,10,13H,1,8-9,11H2,(H,15,17). The second-order valence-electron chi connectivity index (χ2n) is 3.80. The Morgan fingerprint density at radius 1 is 1.39 bits per heavy atom. The highest BCUT2D eigenvalue weighted by Gasteiger charge is 2.11. The van der Waals surface area contributed by atoms with Gasteiger partial charge in [0.1, 0.15) is 12.9 Å². The van der Waals surface area contributed by atoms with Crippen molar-refractivity contribution < 1.29 is 14.3 Å². The van der Waals surface area contributed by atoms with Crippen LogP contribution in [0.4, 0.5) is 0 Å². The molecule has 0 saturated heterocycles. The fourth-order valence-corrected chi connectivity index (χ4v) is 1.48. The Morgan fingerprint density at radius 3 is 2.72 bits per heavy atom. The lowest BCUT2D eigenvalue weighted by molar-refractivity contribution is -0.127. The molecule has 4 nitrogen and oxygen atoms in total. The molecule has 1 aromatic carbocycles. The molecule has 96 valence electrons. The fraction of sp³-hybridized carbons (Fsp3) is 0.286. The monoisotopic (exact) mass is 247 g/mol. The Bertz CT molecular complexity index is 389. The van der Waals surface area contributed by atoms with E-state index >= 15 is 0 Å². The fourth-order valence-electron chi connectivity index (χ4n) is 1.48. The summed E-state index contributed by atoms with van der Waals surface area (Å²) in [5, 5.41) is 2.61. The zero-order chi connectivity index (χ0) is 13.2. The van der Waals surface area contributed by atoms with E-state index in [1.165, 1.54) is 0 Å². The largest absolute Gasteiger partial charge is 0.368 e. The third-order valence-corrected chi connectivity index (χ3v) is 2.28. The zero-order valence-electron chi connectivity index (χ0n) is 10.2. The maximum absolute atomic E-state index is 11.4. The van der Waals surface area contributed by atoms with Crippen molar-refractivity contribution in [2.45, 2.75) is 12.5 Å². The van der Waals surface area contributed by atoms with E-state index in [1.807, 2.05) is 30.3 Å². The predicted molar refractivity (Wildman–Crippen MR) is 69.2 cm³/mol. The summed E-state index contributed by atoms with van der Waals surface area (Å²) in [5.74, 6) is -0.301. The van der Waals surface area contributed by atoms with E-state index in [4.69, 9.17) is 4.74 Å². The number of amides is 1. The summed E-state index contributed by atoms with van der Waals surface area (Å²) in [4.78, 5) is 22.4. The number of rotatable bonds is 8. The molecule has 1 atom stereocenters. The minimum absolute atomic E-state index is 0.0643. The molecule has 0 heterocycles. The number of carbonyl (C=O) groups is 2. The van der Waals surface area contributed by atoms with Gasteiger partial charge in [-0.05, 0) is 12.0 Å². The van der Waals surface area contributed by atoms with Crippen LogP contribution in [0.3, 0.4) is 0 Å². The Morgan fingerprint density at radius 2 is 2.11 bits per heavy atom. The summed E-state index contributed by atoms with van der Waals surface area (Å²) >= 11 is 0. The Kier molecular flexibility index (Phi) is 6.43. The first-order valence-electron chi connectivity index (χ1n) is 5.73. The van der Waals surface area contributed by atoms with Gasteiger partial charge in [0.2, 0.25) is 5.91 Å². The zero-order valence-corrected chi connectivity index (χ0v) is 10.2. The van der Waals surface area contributed by atoms with Crippen LogP contribution < -0.4 is 5.32 Å². The van der Waals surface area contributed by atoms with Crippen molar-refractivity contribution in [3.05, 3.63) is 48.6 Å². The number of ether oxygens (including phenoxy) is 1. The first-order valence-corrected chi connectivity index (χ1v) is 5.73. The molecule has 0 aromatic heterocycles.